The monoisotopic (exact) mass is 238 g/mol. The largest absolute Gasteiger partial charge is 0.483 e. The molecule has 0 aromatic rings. The number of rotatable bonds is 6. The van der Waals surface area contributed by atoms with Gasteiger partial charge in [-0.25, -0.2) is 0 Å². The topological polar surface area (TPSA) is 49.5 Å². The van der Waals surface area contributed by atoms with Gasteiger partial charge in [0.2, 0.25) is 0 Å². The van der Waals surface area contributed by atoms with Crippen molar-refractivity contribution in [3.8, 4) is 0 Å². The maximum absolute atomic E-state index is 5.19. The van der Waals surface area contributed by atoms with Crippen LogP contribution in [0.2, 0.25) is 0 Å². The van der Waals surface area contributed by atoms with E-state index in [0.717, 1.165) is 13.0 Å². The molecule has 1 heterocycles. The average molecular weight is 238 g/mol. The molecule has 6 heteroatoms. The van der Waals surface area contributed by atoms with E-state index in [2.05, 4.69) is 6.92 Å². The van der Waals surface area contributed by atoms with E-state index < -0.39 is 9.53 Å². The summed E-state index contributed by atoms with van der Waals surface area (Å²) in [6.07, 6.45) is 1.54. The van der Waals surface area contributed by atoms with E-state index in [0.29, 0.717) is 6.10 Å². The fraction of sp³-hybridized carbons (Fsp3) is 1.00. The highest BCUT2D eigenvalue weighted by molar-refractivity contribution is 6.36. The molecule has 1 aliphatic rings. The van der Waals surface area contributed by atoms with Crippen LogP contribution in [0.4, 0.5) is 0 Å². The van der Waals surface area contributed by atoms with Crippen LogP contribution in [0, 0.1) is 0 Å². The van der Waals surface area contributed by atoms with E-state index in [1.807, 2.05) is 6.92 Å². The van der Waals surface area contributed by atoms with Crippen molar-refractivity contribution in [1.82, 2.24) is 0 Å². The van der Waals surface area contributed by atoms with Gasteiger partial charge in [-0.2, -0.15) is 0 Å². The molecule has 1 fully saturated rings. The zero-order valence-electron chi connectivity index (χ0n) is 10.2. The van der Waals surface area contributed by atoms with E-state index in [1.54, 1.807) is 21.3 Å². The summed E-state index contributed by atoms with van der Waals surface area (Å²) in [5.74, 6) is 0. The molecule has 5 nitrogen and oxygen atoms in total. The Morgan fingerprint density at radius 2 is 1.60 bits per heavy atom. The molecule has 92 valence electrons. The highest BCUT2D eigenvalue weighted by Crippen LogP contribution is 2.21. The molecule has 0 aromatic heterocycles. The lowest BCUT2D eigenvalue weighted by molar-refractivity contribution is 0.0507. The van der Waals surface area contributed by atoms with Crippen LogP contribution in [-0.4, -0.2) is 49.9 Å². The molecular formula is C9H22O5Si. The average Bonchev–Trinajstić information content (AvgIpc) is 2.95. The fourth-order valence-corrected chi connectivity index (χ4v) is 1.44. The highest BCUT2D eigenvalue weighted by Gasteiger charge is 2.34. The molecule has 2 unspecified atom stereocenters. The first-order valence-corrected chi connectivity index (χ1v) is 6.46. The van der Waals surface area contributed by atoms with Gasteiger partial charge in [0.25, 0.3) is 0 Å². The molecule has 0 aromatic carbocycles. The zero-order valence-corrected chi connectivity index (χ0v) is 11.3. The molecule has 15 heavy (non-hydrogen) atoms. The Labute approximate surface area is 93.6 Å². The Kier molecular flexibility index (Phi) is 9.27. The van der Waals surface area contributed by atoms with Crippen LogP contribution in [-0.2, 0) is 22.8 Å². The summed E-state index contributed by atoms with van der Waals surface area (Å²) in [6, 6.07) is 0. The second-order valence-electron chi connectivity index (χ2n) is 3.08. The van der Waals surface area contributed by atoms with Gasteiger partial charge in [0.15, 0.2) is 6.29 Å². The molecule has 2 atom stereocenters. The maximum atomic E-state index is 5.19. The van der Waals surface area contributed by atoms with E-state index in [1.165, 1.54) is 0 Å². The van der Waals surface area contributed by atoms with Crippen LogP contribution < -0.4 is 0 Å². The molecule has 1 aliphatic heterocycles. The predicted octanol–water partition coefficient (Wildman–Crippen LogP) is 0.801. The van der Waals surface area contributed by atoms with Crippen LogP contribution in [0.1, 0.15) is 20.3 Å². The highest BCUT2D eigenvalue weighted by atomic mass is 28.3. The molecule has 1 rings (SSSR count). The van der Waals surface area contributed by atoms with Gasteiger partial charge in [-0.1, -0.05) is 6.92 Å². The number of hydrogen-bond acceptors (Lipinski definition) is 5. The zero-order chi connectivity index (χ0) is 11.7. The predicted molar refractivity (Wildman–Crippen MR) is 58.8 cm³/mol. The third kappa shape index (κ3) is 7.89. The van der Waals surface area contributed by atoms with Crippen LogP contribution >= 0.6 is 0 Å². The minimum atomic E-state index is -1.67. The molecule has 0 radical (unpaired) electrons. The molecule has 0 bridgehead atoms. The molecule has 0 spiro atoms. The van der Waals surface area contributed by atoms with E-state index >= 15 is 0 Å². The molecule has 0 N–H and O–H groups in total. The van der Waals surface area contributed by atoms with E-state index in [4.69, 9.17) is 22.8 Å². The fourth-order valence-electron chi connectivity index (χ4n) is 0.864. The van der Waals surface area contributed by atoms with Crippen LogP contribution in [0.3, 0.4) is 0 Å². The van der Waals surface area contributed by atoms with Crippen LogP contribution in [0.15, 0.2) is 0 Å². The minimum absolute atomic E-state index is 0.120. The van der Waals surface area contributed by atoms with E-state index in [9.17, 15) is 0 Å². The van der Waals surface area contributed by atoms with Crippen molar-refractivity contribution in [3.63, 3.8) is 0 Å². The van der Waals surface area contributed by atoms with Gasteiger partial charge in [-0.15, -0.1) is 0 Å². The summed E-state index contributed by atoms with van der Waals surface area (Å²) in [7, 11) is 3.05. The van der Waals surface area contributed by atoms with E-state index in [-0.39, 0.29) is 6.29 Å². The first-order valence-electron chi connectivity index (χ1n) is 5.05. The number of hydrogen-bond donors (Lipinski definition) is 0. The first-order chi connectivity index (χ1) is 7.19. The summed E-state index contributed by atoms with van der Waals surface area (Å²) in [5.41, 5.74) is 0. The normalized spacial score (nSPS) is 23.6. The van der Waals surface area contributed by atoms with Gasteiger partial charge >= 0.3 is 9.53 Å². The quantitative estimate of drug-likeness (QED) is 0.506. The van der Waals surface area contributed by atoms with Crippen molar-refractivity contribution in [2.24, 2.45) is 0 Å². The Bertz CT molecular complexity index is 137. The molecule has 0 saturated carbocycles. The summed E-state index contributed by atoms with van der Waals surface area (Å²) in [6.45, 7) is 4.93. The van der Waals surface area contributed by atoms with Gasteiger partial charge in [0, 0.05) is 27.9 Å². The Morgan fingerprint density at radius 3 is 1.80 bits per heavy atom. The van der Waals surface area contributed by atoms with Gasteiger partial charge in [0.1, 0.15) is 6.10 Å². The van der Waals surface area contributed by atoms with Crippen molar-refractivity contribution in [2.45, 2.75) is 32.7 Å². The standard InChI is InChI=1S/C6H12O2.C3H10O3Si/c1-3-4-7-6-5(2)8-6;1-4-7(5-2)6-3/h5-6H,3-4H2,1-2H3;7H,1-3H3. The van der Waals surface area contributed by atoms with Gasteiger partial charge in [-0.05, 0) is 13.3 Å². The Morgan fingerprint density at radius 1 is 1.13 bits per heavy atom. The summed E-state index contributed by atoms with van der Waals surface area (Å²) in [4.78, 5) is 0. The van der Waals surface area contributed by atoms with Crippen LogP contribution in [0.25, 0.3) is 0 Å². The lowest BCUT2D eigenvalue weighted by atomic mass is 10.5. The second-order valence-corrected chi connectivity index (χ2v) is 5.07. The van der Waals surface area contributed by atoms with Gasteiger partial charge in [0.05, 0.1) is 0 Å². The van der Waals surface area contributed by atoms with Crippen molar-refractivity contribution in [2.75, 3.05) is 27.9 Å². The van der Waals surface area contributed by atoms with Crippen molar-refractivity contribution in [3.05, 3.63) is 0 Å². The second kappa shape index (κ2) is 9.26. The molecular weight excluding hydrogens is 216 g/mol. The van der Waals surface area contributed by atoms with Crippen molar-refractivity contribution in [1.29, 1.82) is 0 Å². The summed E-state index contributed by atoms with van der Waals surface area (Å²) in [5, 5.41) is 0. The van der Waals surface area contributed by atoms with Crippen molar-refractivity contribution >= 4 is 9.53 Å². The Balaban J connectivity index is 0.000000265. The lowest BCUT2D eigenvalue weighted by Gasteiger charge is -2.05. The maximum Gasteiger partial charge on any atom is 0.483 e. The number of ether oxygens (including phenoxy) is 2. The minimum Gasteiger partial charge on any atom is -0.379 e. The van der Waals surface area contributed by atoms with Crippen molar-refractivity contribution < 1.29 is 22.8 Å². The molecule has 0 aliphatic carbocycles. The lowest BCUT2D eigenvalue weighted by Crippen LogP contribution is -2.21. The molecule has 0 amide bonds. The number of epoxide rings is 1. The summed E-state index contributed by atoms with van der Waals surface area (Å²) < 4.78 is 24.4. The van der Waals surface area contributed by atoms with Gasteiger partial charge < -0.3 is 22.8 Å². The SMILES string of the molecule is CCCOC1OC1C.CO[SiH](OC)OC. The smallest absolute Gasteiger partial charge is 0.379 e. The first kappa shape index (κ1) is 15.0. The summed E-state index contributed by atoms with van der Waals surface area (Å²) >= 11 is 0. The third-order valence-electron chi connectivity index (χ3n) is 1.72. The molecule has 1 saturated heterocycles. The Hall–Kier alpha value is 0.0169. The van der Waals surface area contributed by atoms with Gasteiger partial charge in [-0.3, -0.25) is 0 Å². The third-order valence-corrected chi connectivity index (χ3v) is 2.87. The van der Waals surface area contributed by atoms with Crippen LogP contribution in [0.5, 0.6) is 0 Å².